The molecule has 1 aliphatic rings. The summed E-state index contributed by atoms with van der Waals surface area (Å²) in [7, 11) is 0. The average Bonchev–Trinajstić information content (AvgIpc) is 2.19. The lowest BCUT2D eigenvalue weighted by molar-refractivity contribution is -0.122. The standard InChI is InChI=1S/C12H14BrNO2/c1-8-6-9(13)2-3-11(8)14-5-4-10(15)7-12(14)16/h2-3,6,10,15H,4-5,7H2,1H3. The van der Waals surface area contributed by atoms with Crippen LogP contribution < -0.4 is 4.90 Å². The van der Waals surface area contributed by atoms with Gasteiger partial charge in [-0.15, -0.1) is 0 Å². The lowest BCUT2D eigenvalue weighted by Gasteiger charge is -2.30. The van der Waals surface area contributed by atoms with Crippen molar-refractivity contribution in [2.45, 2.75) is 25.9 Å². The van der Waals surface area contributed by atoms with E-state index in [1.54, 1.807) is 4.90 Å². The van der Waals surface area contributed by atoms with E-state index in [0.29, 0.717) is 13.0 Å². The van der Waals surface area contributed by atoms with Gasteiger partial charge < -0.3 is 10.0 Å². The van der Waals surface area contributed by atoms with E-state index in [0.717, 1.165) is 15.7 Å². The maximum absolute atomic E-state index is 11.8. The van der Waals surface area contributed by atoms with Gasteiger partial charge in [0.1, 0.15) is 0 Å². The summed E-state index contributed by atoms with van der Waals surface area (Å²) in [6.07, 6.45) is 0.413. The van der Waals surface area contributed by atoms with Crippen molar-refractivity contribution in [1.82, 2.24) is 0 Å². The molecule has 1 heterocycles. The summed E-state index contributed by atoms with van der Waals surface area (Å²) in [6.45, 7) is 2.58. The molecule has 1 fully saturated rings. The van der Waals surface area contributed by atoms with Gasteiger partial charge in [-0.25, -0.2) is 0 Å². The van der Waals surface area contributed by atoms with Crippen LogP contribution in [0.3, 0.4) is 0 Å². The lowest BCUT2D eigenvalue weighted by Crippen LogP contribution is -2.41. The first kappa shape index (κ1) is 11.6. The van der Waals surface area contributed by atoms with Crippen LogP contribution in [0.4, 0.5) is 5.69 Å². The molecule has 0 aliphatic carbocycles. The Balaban J connectivity index is 2.27. The molecule has 3 nitrogen and oxygen atoms in total. The van der Waals surface area contributed by atoms with Crippen LogP contribution in [0, 0.1) is 6.92 Å². The molecule has 1 aliphatic heterocycles. The number of aryl methyl sites for hydroxylation is 1. The Morgan fingerprint density at radius 2 is 2.25 bits per heavy atom. The number of anilines is 1. The summed E-state index contributed by atoms with van der Waals surface area (Å²) in [4.78, 5) is 13.6. The minimum atomic E-state index is -0.473. The molecule has 0 aromatic heterocycles. The van der Waals surface area contributed by atoms with E-state index in [4.69, 9.17) is 0 Å². The molecule has 16 heavy (non-hydrogen) atoms. The number of nitrogens with zero attached hydrogens (tertiary/aromatic N) is 1. The predicted octanol–water partition coefficient (Wildman–Crippen LogP) is 2.25. The fraction of sp³-hybridized carbons (Fsp3) is 0.417. The van der Waals surface area contributed by atoms with Gasteiger partial charge in [-0.2, -0.15) is 0 Å². The van der Waals surface area contributed by atoms with Gasteiger partial charge in [0.05, 0.1) is 12.5 Å². The van der Waals surface area contributed by atoms with Crippen LogP contribution in [0.2, 0.25) is 0 Å². The molecule has 1 saturated heterocycles. The van der Waals surface area contributed by atoms with Crippen molar-refractivity contribution in [2.24, 2.45) is 0 Å². The summed E-state index contributed by atoms with van der Waals surface area (Å²) in [5.41, 5.74) is 2.01. The number of halogens is 1. The Bertz CT molecular complexity index is 419. The predicted molar refractivity (Wildman–Crippen MR) is 66.5 cm³/mol. The smallest absolute Gasteiger partial charge is 0.229 e. The van der Waals surface area contributed by atoms with Crippen LogP contribution >= 0.6 is 15.9 Å². The molecule has 0 radical (unpaired) electrons. The highest BCUT2D eigenvalue weighted by atomic mass is 79.9. The number of carbonyl (C=O) groups excluding carboxylic acids is 1. The maximum atomic E-state index is 11.8. The van der Waals surface area contributed by atoms with Crippen molar-refractivity contribution in [3.05, 3.63) is 28.2 Å². The molecule has 86 valence electrons. The third-order valence-electron chi connectivity index (χ3n) is 2.85. The largest absolute Gasteiger partial charge is 0.393 e. The van der Waals surface area contributed by atoms with Gasteiger partial charge in [-0.3, -0.25) is 4.79 Å². The molecule has 1 aromatic rings. The normalized spacial score (nSPS) is 21.3. The van der Waals surface area contributed by atoms with Gasteiger partial charge in [0.25, 0.3) is 0 Å². The second kappa shape index (κ2) is 4.55. The van der Waals surface area contributed by atoms with E-state index in [1.807, 2.05) is 25.1 Å². The van der Waals surface area contributed by atoms with Gasteiger partial charge in [0.2, 0.25) is 5.91 Å². The number of amides is 1. The molecule has 0 spiro atoms. The monoisotopic (exact) mass is 283 g/mol. The third kappa shape index (κ3) is 2.28. The highest BCUT2D eigenvalue weighted by molar-refractivity contribution is 9.10. The molecule has 4 heteroatoms. The number of piperidine rings is 1. The summed E-state index contributed by atoms with van der Waals surface area (Å²) >= 11 is 3.40. The van der Waals surface area contributed by atoms with Crippen molar-refractivity contribution in [2.75, 3.05) is 11.4 Å². The van der Waals surface area contributed by atoms with Crippen LogP contribution in [-0.2, 0) is 4.79 Å². The quantitative estimate of drug-likeness (QED) is 0.859. The first-order valence-corrected chi connectivity index (χ1v) is 6.12. The van der Waals surface area contributed by atoms with Gasteiger partial charge in [0, 0.05) is 16.7 Å². The lowest BCUT2D eigenvalue weighted by atomic mass is 10.0. The Labute approximate surface area is 103 Å². The van der Waals surface area contributed by atoms with E-state index in [9.17, 15) is 9.90 Å². The number of hydrogen-bond acceptors (Lipinski definition) is 2. The SMILES string of the molecule is Cc1cc(Br)ccc1N1CCC(O)CC1=O. The van der Waals surface area contributed by atoms with Crippen molar-refractivity contribution in [3.63, 3.8) is 0 Å². The number of carbonyl (C=O) groups is 1. The van der Waals surface area contributed by atoms with Crippen molar-refractivity contribution >= 4 is 27.5 Å². The summed E-state index contributed by atoms with van der Waals surface area (Å²) in [5.74, 6) is 0.00386. The molecule has 1 N–H and O–H groups in total. The number of benzene rings is 1. The number of aliphatic hydroxyl groups excluding tert-OH is 1. The molecule has 2 rings (SSSR count). The van der Waals surface area contributed by atoms with Gasteiger partial charge in [-0.1, -0.05) is 15.9 Å². The summed E-state index contributed by atoms with van der Waals surface area (Å²) < 4.78 is 1.01. The van der Waals surface area contributed by atoms with E-state index in [1.165, 1.54) is 0 Å². The second-order valence-electron chi connectivity index (χ2n) is 4.12. The third-order valence-corrected chi connectivity index (χ3v) is 3.34. The zero-order valence-corrected chi connectivity index (χ0v) is 10.7. The van der Waals surface area contributed by atoms with Crippen LogP contribution in [-0.4, -0.2) is 23.7 Å². The van der Waals surface area contributed by atoms with Gasteiger partial charge >= 0.3 is 0 Å². The Kier molecular flexibility index (Phi) is 3.30. The molecular formula is C12H14BrNO2. The van der Waals surface area contributed by atoms with Crippen LogP contribution in [0.1, 0.15) is 18.4 Å². The van der Waals surface area contributed by atoms with Crippen LogP contribution in [0.15, 0.2) is 22.7 Å². The Hall–Kier alpha value is -0.870. The van der Waals surface area contributed by atoms with E-state index >= 15 is 0 Å². The Morgan fingerprint density at radius 3 is 2.88 bits per heavy atom. The molecule has 0 saturated carbocycles. The fourth-order valence-corrected chi connectivity index (χ4v) is 2.47. The Morgan fingerprint density at radius 1 is 1.50 bits per heavy atom. The highest BCUT2D eigenvalue weighted by Crippen LogP contribution is 2.27. The second-order valence-corrected chi connectivity index (χ2v) is 5.04. The zero-order chi connectivity index (χ0) is 11.7. The summed E-state index contributed by atoms with van der Waals surface area (Å²) in [6, 6.07) is 5.86. The van der Waals surface area contributed by atoms with Crippen molar-refractivity contribution in [1.29, 1.82) is 0 Å². The molecule has 0 bridgehead atoms. The zero-order valence-electron chi connectivity index (χ0n) is 9.11. The van der Waals surface area contributed by atoms with E-state index < -0.39 is 6.10 Å². The van der Waals surface area contributed by atoms with Crippen LogP contribution in [0.5, 0.6) is 0 Å². The van der Waals surface area contributed by atoms with Gasteiger partial charge in [-0.05, 0) is 37.1 Å². The first-order valence-electron chi connectivity index (χ1n) is 5.32. The first-order chi connectivity index (χ1) is 7.58. The topological polar surface area (TPSA) is 40.5 Å². The van der Waals surface area contributed by atoms with Crippen molar-refractivity contribution in [3.8, 4) is 0 Å². The maximum Gasteiger partial charge on any atom is 0.229 e. The van der Waals surface area contributed by atoms with Crippen molar-refractivity contribution < 1.29 is 9.90 Å². The summed E-state index contributed by atoms with van der Waals surface area (Å²) in [5, 5.41) is 9.40. The minimum Gasteiger partial charge on any atom is -0.393 e. The molecular weight excluding hydrogens is 270 g/mol. The van der Waals surface area contributed by atoms with Crippen LogP contribution in [0.25, 0.3) is 0 Å². The average molecular weight is 284 g/mol. The van der Waals surface area contributed by atoms with E-state index in [2.05, 4.69) is 15.9 Å². The molecule has 1 aromatic carbocycles. The highest BCUT2D eigenvalue weighted by Gasteiger charge is 2.26. The number of aliphatic hydroxyl groups is 1. The minimum absolute atomic E-state index is 0.00386. The number of rotatable bonds is 1. The molecule has 1 atom stereocenters. The number of hydrogen-bond donors (Lipinski definition) is 1. The van der Waals surface area contributed by atoms with Gasteiger partial charge in [0.15, 0.2) is 0 Å². The van der Waals surface area contributed by atoms with E-state index in [-0.39, 0.29) is 12.3 Å². The molecule has 1 unspecified atom stereocenters. The fourth-order valence-electron chi connectivity index (χ4n) is 1.99. The molecule has 1 amide bonds.